The molecule has 0 fully saturated rings. The Morgan fingerprint density at radius 2 is 1.85 bits per heavy atom. The van der Waals surface area contributed by atoms with Crippen molar-refractivity contribution in [3.05, 3.63) is 106 Å². The number of benzene rings is 2. The lowest BCUT2D eigenvalue weighted by Crippen LogP contribution is -2.28. The number of halogens is 2. The summed E-state index contributed by atoms with van der Waals surface area (Å²) in [4.78, 5) is 23.5. The Morgan fingerprint density at radius 1 is 1.12 bits per heavy atom. The van der Waals surface area contributed by atoms with Gasteiger partial charge in [-0.25, -0.2) is 9.37 Å². The predicted octanol–water partition coefficient (Wildman–Crippen LogP) is 5.93. The van der Waals surface area contributed by atoms with Gasteiger partial charge in [-0.2, -0.15) is 0 Å². The van der Waals surface area contributed by atoms with Crippen LogP contribution >= 0.6 is 23.4 Å². The molecule has 4 rings (SSSR count). The number of nitrogens with zero attached hydrogens (tertiary/aromatic N) is 4. The van der Waals surface area contributed by atoms with Gasteiger partial charge in [0.05, 0.1) is 6.20 Å². The van der Waals surface area contributed by atoms with Crippen molar-refractivity contribution in [1.82, 2.24) is 19.4 Å². The molecule has 0 N–H and O–H groups in total. The summed E-state index contributed by atoms with van der Waals surface area (Å²) in [5.41, 5.74) is 3.73. The molecule has 0 radical (unpaired) electrons. The maximum atomic E-state index is 14.3. The molecule has 0 aliphatic heterocycles. The zero-order valence-corrected chi connectivity index (χ0v) is 19.8. The molecule has 0 spiro atoms. The van der Waals surface area contributed by atoms with Gasteiger partial charge in [0, 0.05) is 48.0 Å². The molecule has 168 valence electrons. The van der Waals surface area contributed by atoms with Crippen molar-refractivity contribution in [2.24, 2.45) is 0 Å². The highest BCUT2D eigenvalue weighted by molar-refractivity contribution is 7.98. The summed E-state index contributed by atoms with van der Waals surface area (Å²) in [6.45, 7) is 2.44. The van der Waals surface area contributed by atoms with Gasteiger partial charge in [0.2, 0.25) is 0 Å². The number of aryl methyl sites for hydroxylation is 1. The van der Waals surface area contributed by atoms with Gasteiger partial charge in [-0.05, 0) is 48.9 Å². The number of rotatable bonds is 7. The third-order valence-electron chi connectivity index (χ3n) is 5.16. The number of carbonyl (C=O) groups is 1. The van der Waals surface area contributed by atoms with Crippen molar-refractivity contribution in [2.45, 2.75) is 24.4 Å². The van der Waals surface area contributed by atoms with Crippen LogP contribution in [0.3, 0.4) is 0 Å². The van der Waals surface area contributed by atoms with Crippen LogP contribution in [0.1, 0.15) is 27.2 Å². The van der Waals surface area contributed by atoms with E-state index >= 15 is 0 Å². The number of aromatic nitrogens is 3. The Morgan fingerprint density at radius 3 is 2.55 bits per heavy atom. The topological polar surface area (TPSA) is 51.0 Å². The second-order valence-corrected chi connectivity index (χ2v) is 8.95. The number of carbonyl (C=O) groups excluding carboxylic acids is 1. The van der Waals surface area contributed by atoms with Gasteiger partial charge in [0.25, 0.3) is 5.91 Å². The van der Waals surface area contributed by atoms with Crippen molar-refractivity contribution in [3.63, 3.8) is 0 Å². The van der Waals surface area contributed by atoms with Gasteiger partial charge in [-0.3, -0.25) is 14.3 Å². The standard InChI is InChI=1S/C25H22ClFN4OS/c1-17-6-8-19(9-7-17)31-23(24(32)30(2)15-18-10-12-28-13-11-18)14-29-25(31)33-16-20-21(26)4-3-5-22(20)27/h3-14H,15-16H2,1-2H3. The van der Waals surface area contributed by atoms with Gasteiger partial charge in [0.1, 0.15) is 11.5 Å². The fourth-order valence-corrected chi connectivity index (χ4v) is 4.70. The van der Waals surface area contributed by atoms with Crippen molar-refractivity contribution in [3.8, 4) is 5.69 Å². The first-order chi connectivity index (χ1) is 15.9. The fourth-order valence-electron chi connectivity index (χ4n) is 3.37. The molecule has 8 heteroatoms. The normalized spacial score (nSPS) is 10.9. The number of pyridine rings is 1. The number of hydrogen-bond acceptors (Lipinski definition) is 4. The molecular formula is C25H22ClFN4OS. The highest BCUT2D eigenvalue weighted by Gasteiger charge is 2.22. The molecule has 4 aromatic rings. The van der Waals surface area contributed by atoms with E-state index in [4.69, 9.17) is 11.6 Å². The smallest absolute Gasteiger partial charge is 0.272 e. The summed E-state index contributed by atoms with van der Waals surface area (Å²) < 4.78 is 16.1. The molecule has 0 aliphatic rings. The van der Waals surface area contributed by atoms with Crippen molar-refractivity contribution >= 4 is 29.3 Å². The number of imidazole rings is 1. The second kappa shape index (κ2) is 10.2. The summed E-state index contributed by atoms with van der Waals surface area (Å²) in [5, 5.41) is 0.947. The molecule has 0 aliphatic carbocycles. The Hall–Kier alpha value is -3.16. The minimum atomic E-state index is -0.364. The van der Waals surface area contributed by atoms with E-state index in [1.54, 1.807) is 42.7 Å². The first-order valence-electron chi connectivity index (χ1n) is 10.3. The van der Waals surface area contributed by atoms with E-state index in [2.05, 4.69) is 9.97 Å². The minimum Gasteiger partial charge on any atom is -0.336 e. The van der Waals surface area contributed by atoms with Crippen LogP contribution in [0.25, 0.3) is 5.69 Å². The summed E-state index contributed by atoms with van der Waals surface area (Å²) in [5.74, 6) is -0.248. The lowest BCUT2D eigenvalue weighted by atomic mass is 10.2. The molecule has 0 atom stereocenters. The zero-order chi connectivity index (χ0) is 23.4. The third kappa shape index (κ3) is 5.26. The molecule has 0 bridgehead atoms. The fraction of sp³-hybridized carbons (Fsp3) is 0.160. The van der Waals surface area contributed by atoms with Crippen LogP contribution in [0.5, 0.6) is 0 Å². The first-order valence-corrected chi connectivity index (χ1v) is 11.6. The number of amides is 1. The average molecular weight is 481 g/mol. The minimum absolute atomic E-state index is 0.171. The third-order valence-corrected chi connectivity index (χ3v) is 6.50. The van der Waals surface area contributed by atoms with E-state index < -0.39 is 0 Å². The van der Waals surface area contributed by atoms with E-state index in [1.807, 2.05) is 47.9 Å². The van der Waals surface area contributed by atoms with Gasteiger partial charge < -0.3 is 4.90 Å². The quantitative estimate of drug-likeness (QED) is 0.307. The molecule has 33 heavy (non-hydrogen) atoms. The Labute approximate surface area is 201 Å². The first kappa shape index (κ1) is 23.0. The van der Waals surface area contributed by atoms with Crippen molar-refractivity contribution in [1.29, 1.82) is 0 Å². The molecule has 0 unspecified atom stereocenters. The number of hydrogen-bond donors (Lipinski definition) is 0. The Kier molecular flexibility index (Phi) is 7.11. The van der Waals surface area contributed by atoms with E-state index in [0.29, 0.717) is 28.0 Å². The predicted molar refractivity (Wildman–Crippen MR) is 129 cm³/mol. The summed E-state index contributed by atoms with van der Waals surface area (Å²) in [6.07, 6.45) is 4.97. The molecule has 1 amide bonds. The molecule has 2 aromatic heterocycles. The SMILES string of the molecule is Cc1ccc(-n2c(C(=O)N(C)Cc3ccncc3)cnc2SCc2c(F)cccc2Cl)cc1. The van der Waals surface area contributed by atoms with Crippen LogP contribution in [0.2, 0.25) is 5.02 Å². The van der Waals surface area contributed by atoms with Crippen LogP contribution in [0.15, 0.2) is 78.3 Å². The molecule has 2 aromatic carbocycles. The van der Waals surface area contributed by atoms with Crippen LogP contribution in [0, 0.1) is 12.7 Å². The molecular weight excluding hydrogens is 459 g/mol. The van der Waals surface area contributed by atoms with Crippen molar-refractivity contribution < 1.29 is 9.18 Å². The van der Waals surface area contributed by atoms with Gasteiger partial charge in [-0.1, -0.05) is 47.1 Å². The average Bonchev–Trinajstić information content (AvgIpc) is 3.23. The summed E-state index contributed by atoms with van der Waals surface area (Å²) in [6, 6.07) is 16.2. The summed E-state index contributed by atoms with van der Waals surface area (Å²) in [7, 11) is 1.75. The molecule has 0 saturated heterocycles. The molecule has 5 nitrogen and oxygen atoms in total. The maximum absolute atomic E-state index is 14.3. The number of thioether (sulfide) groups is 1. The van der Waals surface area contributed by atoms with E-state index in [9.17, 15) is 9.18 Å². The summed E-state index contributed by atoms with van der Waals surface area (Å²) >= 11 is 7.53. The highest BCUT2D eigenvalue weighted by atomic mass is 35.5. The lowest BCUT2D eigenvalue weighted by Gasteiger charge is -2.19. The van der Waals surface area contributed by atoms with Gasteiger partial charge >= 0.3 is 0 Å². The van der Waals surface area contributed by atoms with Gasteiger partial charge in [-0.15, -0.1) is 0 Å². The zero-order valence-electron chi connectivity index (χ0n) is 18.2. The maximum Gasteiger partial charge on any atom is 0.272 e. The van der Waals surface area contributed by atoms with E-state index in [0.717, 1.165) is 16.8 Å². The van der Waals surface area contributed by atoms with Crippen LogP contribution < -0.4 is 0 Å². The van der Waals surface area contributed by atoms with E-state index in [-0.39, 0.29) is 17.5 Å². The van der Waals surface area contributed by atoms with Crippen LogP contribution in [-0.2, 0) is 12.3 Å². The van der Waals surface area contributed by atoms with Gasteiger partial charge in [0.15, 0.2) is 5.16 Å². The molecule has 2 heterocycles. The van der Waals surface area contributed by atoms with Crippen molar-refractivity contribution in [2.75, 3.05) is 7.05 Å². The Bertz CT molecular complexity index is 1240. The lowest BCUT2D eigenvalue weighted by molar-refractivity contribution is 0.0776. The van der Waals surface area contributed by atoms with Crippen LogP contribution in [0.4, 0.5) is 4.39 Å². The molecule has 0 saturated carbocycles. The highest BCUT2D eigenvalue weighted by Crippen LogP contribution is 2.30. The largest absolute Gasteiger partial charge is 0.336 e. The second-order valence-electron chi connectivity index (χ2n) is 7.60. The Balaban J connectivity index is 1.66. The van der Waals surface area contributed by atoms with E-state index in [1.165, 1.54) is 17.8 Å². The monoisotopic (exact) mass is 480 g/mol. The van der Waals surface area contributed by atoms with Crippen LogP contribution in [-0.4, -0.2) is 32.4 Å².